The van der Waals surface area contributed by atoms with Crippen LogP contribution in [0.25, 0.3) is 0 Å². The molecule has 20 heavy (non-hydrogen) atoms. The van der Waals surface area contributed by atoms with Crippen molar-refractivity contribution in [1.29, 1.82) is 0 Å². The Kier molecular flexibility index (Phi) is 7.49. The fourth-order valence-electron chi connectivity index (χ4n) is 3.22. The van der Waals surface area contributed by atoms with Gasteiger partial charge >= 0.3 is 0 Å². The molecule has 1 aliphatic carbocycles. The first-order chi connectivity index (χ1) is 9.37. The van der Waals surface area contributed by atoms with Gasteiger partial charge in [-0.3, -0.25) is 0 Å². The first-order valence-electron chi connectivity index (χ1n) is 8.29. The first kappa shape index (κ1) is 17.9. The topological polar surface area (TPSA) is 24.5 Å². The number of likely N-dealkylation sites (N-methyl/N-ethyl adjacent to an activating group) is 1. The molecule has 1 fully saturated rings. The van der Waals surface area contributed by atoms with Crippen LogP contribution in [0.5, 0.6) is 0 Å². The van der Waals surface area contributed by atoms with Crippen molar-refractivity contribution in [3.05, 3.63) is 0 Å². The average molecular weight is 284 g/mol. The second-order valence-electron chi connectivity index (χ2n) is 7.75. The minimum atomic E-state index is 0.213. The number of rotatable bonds is 7. The van der Waals surface area contributed by atoms with Gasteiger partial charge in [-0.1, -0.05) is 25.7 Å². The third-order valence-electron chi connectivity index (χ3n) is 4.44. The normalized spacial score (nSPS) is 20.1. The summed E-state index contributed by atoms with van der Waals surface area (Å²) >= 11 is 0. The molecule has 1 rings (SSSR count). The largest absolute Gasteiger partial charge is 0.383 e. The van der Waals surface area contributed by atoms with Crippen molar-refractivity contribution in [3.8, 4) is 0 Å². The third-order valence-corrected chi connectivity index (χ3v) is 4.44. The Labute approximate surface area is 126 Å². The van der Waals surface area contributed by atoms with E-state index in [1.807, 2.05) is 0 Å². The maximum absolute atomic E-state index is 5.22. The molecule has 0 saturated heterocycles. The van der Waals surface area contributed by atoms with Gasteiger partial charge in [-0.15, -0.1) is 0 Å². The fraction of sp³-hybridized carbons (Fsp3) is 1.00. The molecule has 1 N–H and O–H groups in total. The smallest absolute Gasteiger partial charge is 0.0589 e. The minimum Gasteiger partial charge on any atom is -0.383 e. The van der Waals surface area contributed by atoms with E-state index in [9.17, 15) is 0 Å². The van der Waals surface area contributed by atoms with Crippen LogP contribution in [0.1, 0.15) is 59.3 Å². The Morgan fingerprint density at radius 3 is 2.20 bits per heavy atom. The molecule has 0 aromatic heterocycles. The highest BCUT2D eigenvalue weighted by Gasteiger charge is 2.33. The summed E-state index contributed by atoms with van der Waals surface area (Å²) in [7, 11) is 4.03. The highest BCUT2D eigenvalue weighted by molar-refractivity contribution is 4.88. The Balaban J connectivity index is 2.62. The lowest BCUT2D eigenvalue weighted by molar-refractivity contribution is 0.106. The van der Waals surface area contributed by atoms with Crippen molar-refractivity contribution in [2.75, 3.05) is 40.4 Å². The van der Waals surface area contributed by atoms with Gasteiger partial charge in [-0.05, 0) is 46.1 Å². The summed E-state index contributed by atoms with van der Waals surface area (Å²) in [6.45, 7) is 11.0. The SMILES string of the molecule is COCCN(C)CC1(CNC(C)(C)C)CCCCCC1. The van der Waals surface area contributed by atoms with E-state index in [4.69, 9.17) is 4.74 Å². The summed E-state index contributed by atoms with van der Waals surface area (Å²) in [5.41, 5.74) is 0.663. The van der Waals surface area contributed by atoms with Gasteiger partial charge in [-0.2, -0.15) is 0 Å². The standard InChI is InChI=1S/C17H36N2O/c1-16(2,3)18-14-17(10-8-6-7-9-11-17)15-19(4)12-13-20-5/h18H,6-15H2,1-5H3. The van der Waals surface area contributed by atoms with Crippen LogP contribution in [0.4, 0.5) is 0 Å². The predicted octanol–water partition coefficient (Wildman–Crippen LogP) is 3.29. The molecule has 3 nitrogen and oxygen atoms in total. The van der Waals surface area contributed by atoms with E-state index in [1.54, 1.807) is 7.11 Å². The number of hydrogen-bond donors (Lipinski definition) is 1. The molecule has 0 spiro atoms. The predicted molar refractivity (Wildman–Crippen MR) is 87.3 cm³/mol. The summed E-state index contributed by atoms with van der Waals surface area (Å²) in [4.78, 5) is 2.46. The number of nitrogens with one attached hydrogen (secondary N) is 1. The summed E-state index contributed by atoms with van der Waals surface area (Å²) in [5.74, 6) is 0. The van der Waals surface area contributed by atoms with E-state index in [-0.39, 0.29) is 5.54 Å². The monoisotopic (exact) mass is 284 g/mol. The van der Waals surface area contributed by atoms with Crippen molar-refractivity contribution >= 4 is 0 Å². The van der Waals surface area contributed by atoms with Crippen molar-refractivity contribution < 1.29 is 4.74 Å². The maximum Gasteiger partial charge on any atom is 0.0589 e. The molecule has 0 unspecified atom stereocenters. The van der Waals surface area contributed by atoms with Gasteiger partial charge in [0.05, 0.1) is 6.61 Å². The third kappa shape index (κ3) is 7.05. The lowest BCUT2D eigenvalue weighted by atomic mass is 9.79. The van der Waals surface area contributed by atoms with Gasteiger partial charge < -0.3 is 15.0 Å². The van der Waals surface area contributed by atoms with Crippen LogP contribution >= 0.6 is 0 Å². The van der Waals surface area contributed by atoms with Gasteiger partial charge in [0.2, 0.25) is 0 Å². The number of methoxy groups -OCH3 is 1. The highest BCUT2D eigenvalue weighted by Crippen LogP contribution is 2.35. The molecule has 0 radical (unpaired) electrons. The number of ether oxygens (including phenoxy) is 1. The fourth-order valence-corrected chi connectivity index (χ4v) is 3.22. The summed E-state index contributed by atoms with van der Waals surface area (Å²) < 4.78 is 5.22. The van der Waals surface area contributed by atoms with Crippen LogP contribution in [0, 0.1) is 5.41 Å². The summed E-state index contributed by atoms with van der Waals surface area (Å²) in [6, 6.07) is 0. The van der Waals surface area contributed by atoms with E-state index in [1.165, 1.54) is 45.1 Å². The number of nitrogens with zero attached hydrogens (tertiary/aromatic N) is 1. The van der Waals surface area contributed by atoms with Crippen LogP contribution in [0.2, 0.25) is 0 Å². The van der Waals surface area contributed by atoms with Crippen molar-refractivity contribution in [3.63, 3.8) is 0 Å². The van der Waals surface area contributed by atoms with Crippen LogP contribution < -0.4 is 5.32 Å². The Hall–Kier alpha value is -0.120. The van der Waals surface area contributed by atoms with Gasteiger partial charge in [0.25, 0.3) is 0 Å². The zero-order valence-corrected chi connectivity index (χ0v) is 14.4. The maximum atomic E-state index is 5.22. The zero-order valence-electron chi connectivity index (χ0n) is 14.4. The number of hydrogen-bond acceptors (Lipinski definition) is 3. The Morgan fingerprint density at radius 1 is 1.10 bits per heavy atom. The van der Waals surface area contributed by atoms with Crippen molar-refractivity contribution in [1.82, 2.24) is 10.2 Å². The molecule has 120 valence electrons. The van der Waals surface area contributed by atoms with Crippen molar-refractivity contribution in [2.24, 2.45) is 5.41 Å². The second-order valence-corrected chi connectivity index (χ2v) is 7.75. The molecule has 0 atom stereocenters. The molecule has 0 heterocycles. The van der Waals surface area contributed by atoms with Gasteiger partial charge in [0.1, 0.15) is 0 Å². The molecule has 0 aliphatic heterocycles. The highest BCUT2D eigenvalue weighted by atomic mass is 16.5. The molecular weight excluding hydrogens is 248 g/mol. The molecule has 1 saturated carbocycles. The Morgan fingerprint density at radius 2 is 1.70 bits per heavy atom. The van der Waals surface area contributed by atoms with E-state index in [0.29, 0.717) is 5.41 Å². The molecule has 0 aromatic rings. The lowest BCUT2D eigenvalue weighted by Gasteiger charge is -2.39. The van der Waals surface area contributed by atoms with Gasteiger partial charge in [0.15, 0.2) is 0 Å². The quantitative estimate of drug-likeness (QED) is 0.726. The average Bonchev–Trinajstić information content (AvgIpc) is 2.59. The molecule has 1 aliphatic rings. The summed E-state index contributed by atoms with van der Waals surface area (Å²) in [6.07, 6.45) is 8.35. The van der Waals surface area contributed by atoms with Crippen molar-refractivity contribution in [2.45, 2.75) is 64.8 Å². The zero-order chi connectivity index (χ0) is 15.1. The lowest BCUT2D eigenvalue weighted by Crippen LogP contribution is -2.48. The molecule has 0 aromatic carbocycles. The van der Waals surface area contributed by atoms with E-state index in [2.05, 4.69) is 38.0 Å². The van der Waals surface area contributed by atoms with E-state index in [0.717, 1.165) is 19.7 Å². The first-order valence-corrected chi connectivity index (χ1v) is 8.29. The minimum absolute atomic E-state index is 0.213. The molecular formula is C17H36N2O. The second kappa shape index (κ2) is 8.35. The van der Waals surface area contributed by atoms with Crippen LogP contribution in [-0.4, -0.2) is 50.8 Å². The molecule has 0 amide bonds. The molecule has 3 heteroatoms. The Bertz CT molecular complexity index is 252. The molecule has 0 bridgehead atoms. The van der Waals surface area contributed by atoms with Gasteiger partial charge in [-0.25, -0.2) is 0 Å². The van der Waals surface area contributed by atoms with Gasteiger partial charge in [0, 0.05) is 32.3 Å². The van der Waals surface area contributed by atoms with E-state index < -0.39 is 0 Å². The van der Waals surface area contributed by atoms with Crippen LogP contribution in [0.15, 0.2) is 0 Å². The summed E-state index contributed by atoms with van der Waals surface area (Å²) in [5, 5.41) is 3.76. The van der Waals surface area contributed by atoms with E-state index >= 15 is 0 Å². The van der Waals surface area contributed by atoms with Crippen LogP contribution in [0.3, 0.4) is 0 Å². The van der Waals surface area contributed by atoms with Crippen LogP contribution in [-0.2, 0) is 4.74 Å².